The highest BCUT2D eigenvalue weighted by Gasteiger charge is 2.64. The van der Waals surface area contributed by atoms with Gasteiger partial charge >= 0.3 is 6.09 Å². The Hall–Kier alpha value is -1.94. The van der Waals surface area contributed by atoms with Crippen molar-refractivity contribution >= 4 is 28.6 Å². The fraction of sp³-hybridized carbons (Fsp3) is 0.704. The van der Waals surface area contributed by atoms with Gasteiger partial charge in [-0.2, -0.15) is 0 Å². The highest BCUT2D eigenvalue weighted by molar-refractivity contribution is 6.30. The monoisotopic (exact) mass is 535 g/mol. The number of aromatic nitrogens is 2. The fourth-order valence-corrected chi connectivity index (χ4v) is 6.60. The Morgan fingerprint density at radius 2 is 2.08 bits per heavy atom. The van der Waals surface area contributed by atoms with E-state index in [-0.39, 0.29) is 47.9 Å². The lowest BCUT2D eigenvalue weighted by Gasteiger charge is -2.30. The van der Waals surface area contributed by atoms with Gasteiger partial charge in [0, 0.05) is 36.5 Å². The molecule has 202 valence electrons. The number of carbonyl (C=O) groups is 1. The van der Waals surface area contributed by atoms with Crippen LogP contribution in [0.1, 0.15) is 76.1 Å². The third-order valence-electron chi connectivity index (χ3n) is 8.17. The number of halogens is 2. The van der Waals surface area contributed by atoms with Crippen LogP contribution in [0.4, 0.5) is 9.18 Å². The summed E-state index contributed by atoms with van der Waals surface area (Å²) in [4.78, 5) is 18.7. The summed E-state index contributed by atoms with van der Waals surface area (Å²) >= 11 is 6.15. The van der Waals surface area contributed by atoms with Gasteiger partial charge in [0.15, 0.2) is 17.3 Å². The van der Waals surface area contributed by atoms with E-state index in [2.05, 4.69) is 9.55 Å². The molecule has 4 aliphatic rings. The maximum Gasteiger partial charge on any atom is 0.410 e. The van der Waals surface area contributed by atoms with Gasteiger partial charge in [-0.05, 0) is 76.2 Å². The van der Waals surface area contributed by atoms with Crippen LogP contribution in [0, 0.1) is 17.7 Å². The molecule has 0 aromatic carbocycles. The van der Waals surface area contributed by atoms with Crippen LogP contribution in [-0.4, -0.2) is 63.3 Å². The highest BCUT2D eigenvalue weighted by atomic mass is 35.5. The highest BCUT2D eigenvalue weighted by Crippen LogP contribution is 2.64. The van der Waals surface area contributed by atoms with Crippen LogP contribution < -0.4 is 0 Å². The van der Waals surface area contributed by atoms with Gasteiger partial charge in [-0.15, -0.1) is 0 Å². The molecule has 2 aliphatic carbocycles. The molecule has 2 aliphatic heterocycles. The second-order valence-electron chi connectivity index (χ2n) is 11.8. The summed E-state index contributed by atoms with van der Waals surface area (Å²) in [5, 5.41) is 10.9. The summed E-state index contributed by atoms with van der Waals surface area (Å²) in [5.41, 5.74) is 1.82. The predicted octanol–water partition coefficient (Wildman–Crippen LogP) is 5.15. The Kier molecular flexibility index (Phi) is 6.41. The molecule has 4 fully saturated rings. The molecule has 4 heterocycles. The zero-order chi connectivity index (χ0) is 26.1. The molecule has 37 heavy (non-hydrogen) atoms. The van der Waals surface area contributed by atoms with Crippen molar-refractivity contribution in [1.82, 2.24) is 14.5 Å². The van der Waals surface area contributed by atoms with Crippen LogP contribution in [0.15, 0.2) is 6.20 Å². The number of hydrogen-bond acceptors (Lipinski definition) is 6. The zero-order valence-electron chi connectivity index (χ0n) is 21.6. The zero-order valence-corrected chi connectivity index (χ0v) is 22.3. The van der Waals surface area contributed by atoms with Gasteiger partial charge in [0.25, 0.3) is 0 Å². The first kappa shape index (κ1) is 25.3. The van der Waals surface area contributed by atoms with E-state index in [1.807, 2.05) is 20.8 Å². The molecule has 6 rings (SSSR count). The standard InChI is InChI=1S/C27H35ClFN3O5/c1-27(2,3)37-26(34)31-11-16-21(17(31)12-33)22(16)20-15-10-30-25(28)23(29)24(15)32(14-7-8-14)18(20)13-36-19-6-4-5-9-35-19/h10,14,16-17,19,21-22,33H,4-9,11-13H2,1-3H3/t16-,17+,19?,21-,22-/m0/s1. The number of aliphatic hydroxyl groups excluding tert-OH is 1. The number of ether oxygens (including phenoxy) is 3. The van der Waals surface area contributed by atoms with Crippen molar-refractivity contribution in [2.75, 3.05) is 19.8 Å². The van der Waals surface area contributed by atoms with Crippen LogP contribution in [0.25, 0.3) is 10.9 Å². The van der Waals surface area contributed by atoms with Crippen LogP contribution >= 0.6 is 11.6 Å². The summed E-state index contributed by atoms with van der Waals surface area (Å²) in [6, 6.07) is -0.162. The summed E-state index contributed by atoms with van der Waals surface area (Å²) in [6.07, 6.45) is 5.86. The molecule has 8 nitrogen and oxygen atoms in total. The van der Waals surface area contributed by atoms with E-state index < -0.39 is 17.5 Å². The Labute approximate surface area is 221 Å². The van der Waals surface area contributed by atoms with Crippen LogP contribution in [0.5, 0.6) is 0 Å². The molecule has 0 radical (unpaired) electrons. The summed E-state index contributed by atoms with van der Waals surface area (Å²) in [6.45, 7) is 6.82. The molecule has 10 heteroatoms. The molecule has 0 bridgehead atoms. The smallest absolute Gasteiger partial charge is 0.410 e. The van der Waals surface area contributed by atoms with Crippen molar-refractivity contribution < 1.29 is 28.5 Å². The number of nitrogens with zero attached hydrogens (tertiary/aromatic N) is 3. The Balaban J connectivity index is 1.36. The van der Waals surface area contributed by atoms with Crippen molar-refractivity contribution in [3.63, 3.8) is 0 Å². The van der Waals surface area contributed by atoms with Gasteiger partial charge in [0.2, 0.25) is 0 Å². The maximum absolute atomic E-state index is 15.5. The van der Waals surface area contributed by atoms with E-state index in [1.54, 1.807) is 11.1 Å². The lowest BCUT2D eigenvalue weighted by atomic mass is 10.0. The van der Waals surface area contributed by atoms with Crippen LogP contribution in [0.3, 0.4) is 0 Å². The molecular formula is C27H35ClFN3O5. The number of rotatable bonds is 6. The number of likely N-dealkylation sites (tertiary alicyclic amines) is 1. The van der Waals surface area contributed by atoms with Gasteiger partial charge in [-0.3, -0.25) is 0 Å². The van der Waals surface area contributed by atoms with E-state index in [0.717, 1.165) is 48.7 Å². The van der Waals surface area contributed by atoms with Crippen molar-refractivity contribution in [1.29, 1.82) is 0 Å². The first-order valence-electron chi connectivity index (χ1n) is 13.4. The predicted molar refractivity (Wildman–Crippen MR) is 135 cm³/mol. The van der Waals surface area contributed by atoms with Crippen molar-refractivity contribution in [2.24, 2.45) is 11.8 Å². The number of aliphatic hydroxyl groups is 1. The molecule has 1 amide bonds. The number of pyridine rings is 1. The lowest BCUT2D eigenvalue weighted by molar-refractivity contribution is -0.169. The summed E-state index contributed by atoms with van der Waals surface area (Å²) in [7, 11) is 0. The molecule has 2 saturated carbocycles. The first-order chi connectivity index (χ1) is 17.7. The molecule has 0 spiro atoms. The minimum Gasteiger partial charge on any atom is -0.444 e. The van der Waals surface area contributed by atoms with E-state index in [4.69, 9.17) is 25.8 Å². The third kappa shape index (κ3) is 4.51. The topological polar surface area (TPSA) is 86.0 Å². The summed E-state index contributed by atoms with van der Waals surface area (Å²) < 4.78 is 35.2. The molecule has 5 atom stereocenters. The fourth-order valence-electron chi connectivity index (χ4n) is 6.47. The minimum atomic E-state index is -0.616. The maximum atomic E-state index is 15.5. The number of fused-ring (bicyclic) bond motifs is 2. The van der Waals surface area contributed by atoms with Gasteiger partial charge in [-0.1, -0.05) is 11.6 Å². The Morgan fingerprint density at radius 1 is 1.30 bits per heavy atom. The quantitative estimate of drug-likeness (QED) is 0.515. The van der Waals surface area contributed by atoms with Crippen molar-refractivity contribution in [2.45, 2.75) is 89.4 Å². The van der Waals surface area contributed by atoms with Crippen molar-refractivity contribution in [3.8, 4) is 0 Å². The largest absolute Gasteiger partial charge is 0.444 e. The van der Waals surface area contributed by atoms with E-state index in [9.17, 15) is 9.90 Å². The van der Waals surface area contributed by atoms with Gasteiger partial charge < -0.3 is 28.8 Å². The Morgan fingerprint density at radius 3 is 2.73 bits per heavy atom. The average molecular weight is 536 g/mol. The van der Waals surface area contributed by atoms with Gasteiger partial charge in [-0.25, -0.2) is 14.2 Å². The average Bonchev–Trinajstić information content (AvgIpc) is 3.75. The molecule has 2 aromatic heterocycles. The van der Waals surface area contributed by atoms with Crippen molar-refractivity contribution in [3.05, 3.63) is 28.4 Å². The first-order valence-corrected chi connectivity index (χ1v) is 13.8. The normalized spacial score (nSPS) is 29.6. The van der Waals surface area contributed by atoms with E-state index in [1.165, 1.54) is 0 Å². The van der Waals surface area contributed by atoms with Gasteiger partial charge in [0.1, 0.15) is 5.60 Å². The van der Waals surface area contributed by atoms with Gasteiger partial charge in [0.05, 0.1) is 24.8 Å². The molecule has 2 aromatic rings. The third-order valence-corrected chi connectivity index (χ3v) is 8.43. The van der Waals surface area contributed by atoms with Crippen LogP contribution in [0.2, 0.25) is 5.15 Å². The SMILES string of the molecule is CC(C)(C)OC(=O)N1C[C@@H]2[C@@H](c3c(COC4CCCCO4)n(C4CC4)c4c(F)c(Cl)ncc34)[C@@H]2[C@H]1CO. The minimum absolute atomic E-state index is 0.0548. The van der Waals surface area contributed by atoms with Crippen LogP contribution in [-0.2, 0) is 20.8 Å². The van der Waals surface area contributed by atoms with E-state index in [0.29, 0.717) is 25.3 Å². The number of carbonyl (C=O) groups excluding carboxylic acids is 1. The number of hydrogen-bond donors (Lipinski definition) is 1. The number of amides is 1. The molecular weight excluding hydrogens is 501 g/mol. The second-order valence-corrected chi connectivity index (χ2v) is 12.2. The number of piperidine rings is 1. The molecule has 1 N–H and O–H groups in total. The second kappa shape index (κ2) is 9.36. The molecule has 2 saturated heterocycles. The Bertz CT molecular complexity index is 1200. The molecule has 1 unspecified atom stereocenters. The summed E-state index contributed by atoms with van der Waals surface area (Å²) in [5.74, 6) is -0.246. The lowest BCUT2D eigenvalue weighted by Crippen LogP contribution is -2.44. The van der Waals surface area contributed by atoms with E-state index >= 15 is 4.39 Å².